The average molecular weight is 646 g/mol. The molecule has 4 aromatic rings. The summed E-state index contributed by atoms with van der Waals surface area (Å²) in [6.45, 7) is 12.1. The van der Waals surface area contributed by atoms with Crippen LogP contribution in [-0.4, -0.2) is 47.6 Å². The maximum absolute atomic E-state index is 15.6. The van der Waals surface area contributed by atoms with Crippen LogP contribution < -0.4 is 15.5 Å². The second kappa shape index (κ2) is 14.8. The average Bonchev–Trinajstić information content (AvgIpc) is 3.53. The van der Waals surface area contributed by atoms with Crippen molar-refractivity contribution >= 4 is 32.3 Å². The highest BCUT2D eigenvalue weighted by Gasteiger charge is 2.38. The summed E-state index contributed by atoms with van der Waals surface area (Å²) in [6.07, 6.45) is -0.841. The van der Waals surface area contributed by atoms with Gasteiger partial charge in [0, 0.05) is 29.1 Å². The quantitative estimate of drug-likeness (QED) is 0.163. The largest absolute Gasteiger partial charge is 0.471 e. The molecule has 2 aromatic carbocycles. The van der Waals surface area contributed by atoms with Crippen molar-refractivity contribution in [3.05, 3.63) is 77.7 Å². The van der Waals surface area contributed by atoms with Gasteiger partial charge in [0.1, 0.15) is 12.6 Å². The summed E-state index contributed by atoms with van der Waals surface area (Å²) in [5, 5.41) is 7.18. The second-order valence-corrected chi connectivity index (χ2v) is 12.1. The van der Waals surface area contributed by atoms with Crippen LogP contribution in [-0.2, 0) is 27.7 Å². The lowest BCUT2D eigenvalue weighted by Crippen LogP contribution is -2.46. The number of carbonyl (C=O) groups excluding carboxylic acids is 2. The van der Waals surface area contributed by atoms with Gasteiger partial charge in [-0.05, 0) is 60.2 Å². The second-order valence-electron chi connectivity index (χ2n) is 11.1. The Balaban J connectivity index is 0.00000271. The zero-order chi connectivity index (χ0) is 33.5. The lowest BCUT2D eigenvalue weighted by Gasteiger charge is -2.29. The molecule has 0 aliphatic rings. The van der Waals surface area contributed by atoms with Crippen LogP contribution >= 0.6 is 8.58 Å². The first kappa shape index (κ1) is 35.5. The van der Waals surface area contributed by atoms with Gasteiger partial charge in [-0.25, -0.2) is 4.39 Å². The fourth-order valence-corrected chi connectivity index (χ4v) is 5.31. The third kappa shape index (κ3) is 8.38. The van der Waals surface area contributed by atoms with Gasteiger partial charge < -0.3 is 19.5 Å². The number of aromatic nitrogens is 3. The van der Waals surface area contributed by atoms with Crippen LogP contribution in [0.15, 0.2) is 59.4 Å². The maximum Gasteiger partial charge on any atom is 0.471 e. The van der Waals surface area contributed by atoms with E-state index < -0.39 is 23.9 Å². The van der Waals surface area contributed by atoms with E-state index in [9.17, 15) is 18.0 Å². The number of nitrogens with zero attached hydrogens (tertiary/aromatic N) is 4. The molecule has 0 fully saturated rings. The van der Waals surface area contributed by atoms with Gasteiger partial charge in [0.25, 0.3) is 0 Å². The maximum atomic E-state index is 15.6. The first-order chi connectivity index (χ1) is 21.3. The molecule has 0 saturated heterocycles. The minimum atomic E-state index is -4.75. The third-order valence-electron chi connectivity index (χ3n) is 7.10. The number of nitrogens with one attached hydrogen (secondary N) is 1. The SMILES string of the molecule is C=O.CC[C@H](NC)C(=O)N(Cc1ccc(-c2noc(C(F)(F)F)n2)cc1)c1cc(-c2cncc(C(C)(C)C)c2)c(F)cc1PC. The molecule has 4 rings (SSSR count). The molecule has 0 aliphatic carbocycles. The van der Waals surface area contributed by atoms with Gasteiger partial charge in [0.05, 0.1) is 18.3 Å². The lowest BCUT2D eigenvalue weighted by atomic mass is 9.87. The van der Waals surface area contributed by atoms with Crippen LogP contribution in [0, 0.1) is 5.82 Å². The molecule has 0 radical (unpaired) electrons. The highest BCUT2D eigenvalue weighted by molar-refractivity contribution is 7.46. The summed E-state index contributed by atoms with van der Waals surface area (Å²) in [4.78, 5) is 31.3. The van der Waals surface area contributed by atoms with Crippen molar-refractivity contribution in [1.82, 2.24) is 20.4 Å². The standard InChI is InChI=1S/C31H34F4N5O2P.CH2O/c1-7-24(36-5)28(41)40(17-18-8-10-19(11-9-18)27-38-29(42-39-27)31(33,34)35)25-13-22(23(32)14-26(25)43-6)20-12-21(16-37-15-20)30(2,3)4;1-2/h8-16,24,36,43H,7,17H2,1-6H3;1H2/t24-;/m0./s1. The molecule has 2 heterocycles. The number of halogens is 4. The van der Waals surface area contributed by atoms with Gasteiger partial charge >= 0.3 is 12.1 Å². The van der Waals surface area contributed by atoms with Crippen LogP contribution in [0.25, 0.3) is 22.5 Å². The van der Waals surface area contributed by atoms with Crippen molar-refractivity contribution < 1.29 is 31.7 Å². The number of pyridine rings is 1. The summed E-state index contributed by atoms with van der Waals surface area (Å²) < 4.78 is 58.7. The topological polar surface area (TPSA) is 101 Å². The Morgan fingerprint density at radius 1 is 1.07 bits per heavy atom. The van der Waals surface area contributed by atoms with Crippen molar-refractivity contribution in [3.63, 3.8) is 0 Å². The minimum absolute atomic E-state index is 0.139. The molecule has 240 valence electrons. The van der Waals surface area contributed by atoms with E-state index in [1.54, 1.807) is 54.7 Å². The highest BCUT2D eigenvalue weighted by Crippen LogP contribution is 2.34. The highest BCUT2D eigenvalue weighted by atomic mass is 31.1. The first-order valence-corrected chi connectivity index (χ1v) is 15.5. The van der Waals surface area contributed by atoms with E-state index in [1.807, 2.05) is 26.4 Å². The number of hydrogen-bond acceptors (Lipinski definition) is 7. The van der Waals surface area contributed by atoms with Crippen LogP contribution in [0.5, 0.6) is 0 Å². The molecule has 1 amide bonds. The predicted octanol–water partition coefficient (Wildman–Crippen LogP) is 6.53. The molecule has 45 heavy (non-hydrogen) atoms. The van der Waals surface area contributed by atoms with Crippen molar-refractivity contribution in [2.24, 2.45) is 0 Å². The Hall–Kier alpha value is -4.02. The van der Waals surface area contributed by atoms with Gasteiger partial charge in [0.15, 0.2) is 0 Å². The number of alkyl halides is 3. The van der Waals surface area contributed by atoms with Crippen molar-refractivity contribution in [2.75, 3.05) is 18.6 Å². The first-order valence-electron chi connectivity index (χ1n) is 14.0. The van der Waals surface area contributed by atoms with Gasteiger partial charge in [-0.15, -0.1) is 0 Å². The summed E-state index contributed by atoms with van der Waals surface area (Å²) in [5.41, 5.74) is 3.30. The number of hydrogen-bond donors (Lipinski definition) is 1. The monoisotopic (exact) mass is 645 g/mol. The van der Waals surface area contributed by atoms with E-state index in [4.69, 9.17) is 4.79 Å². The molecule has 1 N–H and O–H groups in total. The van der Waals surface area contributed by atoms with E-state index in [2.05, 4.69) is 45.7 Å². The summed E-state index contributed by atoms with van der Waals surface area (Å²) in [5.74, 6) is -2.22. The summed E-state index contributed by atoms with van der Waals surface area (Å²) in [6, 6.07) is 11.1. The molecule has 0 spiro atoms. The number of rotatable bonds is 9. The van der Waals surface area contributed by atoms with Crippen molar-refractivity contribution in [3.8, 4) is 22.5 Å². The third-order valence-corrected chi connectivity index (χ3v) is 8.04. The van der Waals surface area contributed by atoms with Crippen LogP contribution in [0.3, 0.4) is 0 Å². The van der Waals surface area contributed by atoms with E-state index in [0.29, 0.717) is 39.7 Å². The number of likely N-dealkylation sites (N-methyl/N-ethyl adjacent to an activating group) is 1. The fraction of sp³-hybridized carbons (Fsp3) is 0.344. The molecular formula is C32H36F4N5O3P. The number of amides is 1. The molecule has 1 unspecified atom stereocenters. The predicted molar refractivity (Wildman–Crippen MR) is 168 cm³/mol. The molecule has 0 saturated carbocycles. The van der Waals surface area contributed by atoms with Crippen molar-refractivity contribution in [1.29, 1.82) is 0 Å². The van der Waals surface area contributed by atoms with Crippen LogP contribution in [0.4, 0.5) is 23.2 Å². The molecule has 13 heteroatoms. The molecule has 2 aromatic heterocycles. The number of anilines is 1. The Kier molecular flexibility index (Phi) is 11.7. The Morgan fingerprint density at radius 2 is 1.73 bits per heavy atom. The molecular weight excluding hydrogens is 609 g/mol. The fourth-order valence-electron chi connectivity index (χ4n) is 4.57. The lowest BCUT2D eigenvalue weighted by molar-refractivity contribution is -0.159. The van der Waals surface area contributed by atoms with Gasteiger partial charge in [-0.2, -0.15) is 18.2 Å². The Labute approximate surface area is 261 Å². The zero-order valence-corrected chi connectivity index (χ0v) is 26.9. The summed E-state index contributed by atoms with van der Waals surface area (Å²) in [7, 11) is 1.91. The van der Waals surface area contributed by atoms with Gasteiger partial charge in [-0.1, -0.05) is 65.7 Å². The van der Waals surface area contributed by atoms with Gasteiger partial charge in [-0.3, -0.25) is 9.78 Å². The molecule has 8 nitrogen and oxygen atoms in total. The number of carbonyl (C=O) groups is 2. The molecule has 0 aliphatic heterocycles. The zero-order valence-electron chi connectivity index (χ0n) is 25.9. The van der Waals surface area contributed by atoms with Crippen molar-refractivity contribution in [2.45, 2.75) is 58.3 Å². The summed E-state index contributed by atoms with van der Waals surface area (Å²) >= 11 is 0. The van der Waals surface area contributed by atoms with Gasteiger partial charge in [0.2, 0.25) is 11.7 Å². The smallest absolute Gasteiger partial charge is 0.329 e. The van der Waals surface area contributed by atoms with E-state index in [0.717, 1.165) is 5.56 Å². The molecule has 0 bridgehead atoms. The Bertz CT molecular complexity index is 1600. The normalized spacial score (nSPS) is 12.6. The van der Waals surface area contributed by atoms with E-state index in [1.165, 1.54) is 6.07 Å². The number of benzene rings is 2. The van der Waals surface area contributed by atoms with E-state index in [-0.39, 0.29) is 32.3 Å². The van der Waals surface area contributed by atoms with Crippen LogP contribution in [0.2, 0.25) is 0 Å². The van der Waals surface area contributed by atoms with E-state index >= 15 is 4.39 Å². The minimum Gasteiger partial charge on any atom is -0.329 e. The Morgan fingerprint density at radius 3 is 2.27 bits per heavy atom. The van der Waals surface area contributed by atoms with Crippen LogP contribution in [0.1, 0.15) is 51.1 Å². The molecule has 2 atom stereocenters.